The fourth-order valence-corrected chi connectivity index (χ4v) is 2.79. The van der Waals surface area contributed by atoms with E-state index in [9.17, 15) is 9.18 Å². The standard InChI is InChI=1S/C21H14ClFN4O/c22-15-8-12-18(13-9-15)27-20(14-6-10-16(23)11-7-14)25-19(26-27)21(28)24-17-4-2-1-3-5-17/h1-13H,(H,24,28). The number of nitrogens with zero attached hydrogens (tertiary/aromatic N) is 3. The van der Waals surface area contributed by atoms with Gasteiger partial charge in [-0.1, -0.05) is 29.8 Å². The van der Waals surface area contributed by atoms with Crippen LogP contribution in [0.3, 0.4) is 0 Å². The third-order valence-corrected chi connectivity index (χ3v) is 4.27. The summed E-state index contributed by atoms with van der Waals surface area (Å²) in [6, 6.07) is 21.9. The van der Waals surface area contributed by atoms with Gasteiger partial charge in [0.1, 0.15) is 5.82 Å². The summed E-state index contributed by atoms with van der Waals surface area (Å²) in [5.41, 5.74) is 1.94. The topological polar surface area (TPSA) is 59.8 Å². The van der Waals surface area contributed by atoms with Crippen molar-refractivity contribution in [3.63, 3.8) is 0 Å². The smallest absolute Gasteiger partial charge is 0.295 e. The second-order valence-electron chi connectivity index (χ2n) is 5.97. The van der Waals surface area contributed by atoms with Gasteiger partial charge in [0.15, 0.2) is 5.82 Å². The minimum Gasteiger partial charge on any atom is -0.319 e. The van der Waals surface area contributed by atoms with Crippen molar-refractivity contribution >= 4 is 23.2 Å². The molecule has 0 unspecified atom stereocenters. The molecule has 0 aliphatic carbocycles. The van der Waals surface area contributed by atoms with Crippen LogP contribution in [0, 0.1) is 5.82 Å². The number of aromatic nitrogens is 3. The van der Waals surface area contributed by atoms with Crippen molar-refractivity contribution in [1.29, 1.82) is 0 Å². The first-order chi connectivity index (χ1) is 13.6. The highest BCUT2D eigenvalue weighted by Crippen LogP contribution is 2.23. The minimum absolute atomic E-state index is 0.00173. The van der Waals surface area contributed by atoms with E-state index in [-0.39, 0.29) is 11.6 Å². The number of carbonyl (C=O) groups excluding carboxylic acids is 1. The van der Waals surface area contributed by atoms with Crippen molar-refractivity contribution in [3.8, 4) is 17.1 Å². The van der Waals surface area contributed by atoms with E-state index < -0.39 is 5.91 Å². The van der Waals surface area contributed by atoms with Gasteiger partial charge in [0.05, 0.1) is 5.69 Å². The number of para-hydroxylation sites is 1. The number of benzene rings is 3. The molecule has 28 heavy (non-hydrogen) atoms. The van der Waals surface area contributed by atoms with Crippen LogP contribution in [0.4, 0.5) is 10.1 Å². The molecule has 4 aromatic rings. The van der Waals surface area contributed by atoms with Gasteiger partial charge in [-0.25, -0.2) is 14.1 Å². The molecule has 1 heterocycles. The van der Waals surface area contributed by atoms with Gasteiger partial charge in [0, 0.05) is 16.3 Å². The number of anilines is 1. The summed E-state index contributed by atoms with van der Waals surface area (Å²) in [5, 5.41) is 7.70. The molecule has 7 heteroatoms. The van der Waals surface area contributed by atoms with E-state index in [1.54, 1.807) is 48.5 Å². The number of hydrogen-bond acceptors (Lipinski definition) is 3. The SMILES string of the molecule is O=C(Nc1ccccc1)c1nc(-c2ccc(F)cc2)n(-c2ccc(Cl)cc2)n1. The van der Waals surface area contributed by atoms with Gasteiger partial charge in [-0.2, -0.15) is 0 Å². The Morgan fingerprint density at radius 1 is 0.929 bits per heavy atom. The van der Waals surface area contributed by atoms with Crippen molar-refractivity contribution in [1.82, 2.24) is 14.8 Å². The van der Waals surface area contributed by atoms with E-state index in [0.717, 1.165) is 0 Å². The molecular formula is C21H14ClFN4O. The third kappa shape index (κ3) is 3.77. The zero-order valence-electron chi connectivity index (χ0n) is 14.5. The van der Waals surface area contributed by atoms with Gasteiger partial charge < -0.3 is 5.32 Å². The first-order valence-electron chi connectivity index (χ1n) is 8.45. The van der Waals surface area contributed by atoms with Crippen LogP contribution in [-0.4, -0.2) is 20.7 Å². The van der Waals surface area contributed by atoms with Crippen LogP contribution in [-0.2, 0) is 0 Å². The maximum Gasteiger partial charge on any atom is 0.295 e. The summed E-state index contributed by atoms with van der Waals surface area (Å²) < 4.78 is 14.9. The normalized spacial score (nSPS) is 10.6. The van der Waals surface area contributed by atoms with Gasteiger partial charge in [-0.15, -0.1) is 5.10 Å². The van der Waals surface area contributed by atoms with E-state index >= 15 is 0 Å². The Morgan fingerprint density at radius 3 is 2.29 bits per heavy atom. The number of halogens is 2. The molecule has 4 rings (SSSR count). The van der Waals surface area contributed by atoms with Crippen LogP contribution in [0.25, 0.3) is 17.1 Å². The fraction of sp³-hybridized carbons (Fsp3) is 0. The van der Waals surface area contributed by atoms with Gasteiger partial charge in [-0.05, 0) is 60.7 Å². The molecule has 1 aromatic heterocycles. The predicted octanol–water partition coefficient (Wildman–Crippen LogP) is 4.98. The summed E-state index contributed by atoms with van der Waals surface area (Å²) >= 11 is 5.97. The first kappa shape index (κ1) is 17.9. The Hall–Kier alpha value is -3.51. The number of rotatable bonds is 4. The Balaban J connectivity index is 1.76. The average molecular weight is 393 g/mol. The molecule has 0 saturated heterocycles. The zero-order chi connectivity index (χ0) is 19.5. The number of nitrogens with one attached hydrogen (secondary N) is 1. The van der Waals surface area contributed by atoms with Gasteiger partial charge in [-0.3, -0.25) is 4.79 Å². The van der Waals surface area contributed by atoms with Crippen molar-refractivity contribution in [2.45, 2.75) is 0 Å². The maximum absolute atomic E-state index is 13.3. The number of amides is 1. The maximum atomic E-state index is 13.3. The van der Waals surface area contributed by atoms with Gasteiger partial charge in [0.2, 0.25) is 5.82 Å². The van der Waals surface area contributed by atoms with Crippen molar-refractivity contribution in [2.75, 3.05) is 5.32 Å². The molecule has 0 radical (unpaired) electrons. The summed E-state index contributed by atoms with van der Waals surface area (Å²) in [6.07, 6.45) is 0. The Labute approximate surface area is 165 Å². The molecule has 1 amide bonds. The third-order valence-electron chi connectivity index (χ3n) is 4.02. The molecule has 3 aromatic carbocycles. The van der Waals surface area contributed by atoms with Crippen molar-refractivity contribution in [2.24, 2.45) is 0 Å². The van der Waals surface area contributed by atoms with Crippen LogP contribution >= 0.6 is 11.6 Å². The highest BCUT2D eigenvalue weighted by Gasteiger charge is 2.19. The molecule has 0 bridgehead atoms. The monoisotopic (exact) mass is 392 g/mol. The lowest BCUT2D eigenvalue weighted by molar-refractivity contribution is 0.101. The van der Waals surface area contributed by atoms with Gasteiger partial charge in [0.25, 0.3) is 5.91 Å². The lowest BCUT2D eigenvalue weighted by Crippen LogP contribution is -2.14. The highest BCUT2D eigenvalue weighted by molar-refractivity contribution is 6.30. The van der Waals surface area contributed by atoms with Crippen molar-refractivity contribution < 1.29 is 9.18 Å². The molecule has 0 saturated carbocycles. The highest BCUT2D eigenvalue weighted by atomic mass is 35.5. The summed E-state index contributed by atoms with van der Waals surface area (Å²) in [4.78, 5) is 17.0. The molecule has 1 N–H and O–H groups in total. The average Bonchev–Trinajstić information content (AvgIpc) is 3.15. The molecule has 0 aliphatic heterocycles. The van der Waals surface area contributed by atoms with Gasteiger partial charge >= 0.3 is 0 Å². The predicted molar refractivity (Wildman–Crippen MR) is 106 cm³/mol. The van der Waals surface area contributed by atoms with E-state index in [1.807, 2.05) is 18.2 Å². The largest absolute Gasteiger partial charge is 0.319 e. The molecular weight excluding hydrogens is 379 g/mol. The first-order valence-corrected chi connectivity index (χ1v) is 8.83. The van der Waals surface area contributed by atoms with Crippen LogP contribution in [0.1, 0.15) is 10.6 Å². The molecule has 0 fully saturated rings. The summed E-state index contributed by atoms with van der Waals surface area (Å²) in [7, 11) is 0. The number of hydrogen-bond donors (Lipinski definition) is 1. The quantitative estimate of drug-likeness (QED) is 0.533. The van der Waals surface area contributed by atoms with Crippen LogP contribution < -0.4 is 5.32 Å². The number of carbonyl (C=O) groups is 1. The molecule has 0 spiro atoms. The molecule has 0 aliphatic rings. The Kier molecular flexibility index (Phi) is 4.87. The molecule has 0 atom stereocenters. The lowest BCUT2D eigenvalue weighted by atomic mass is 10.2. The second-order valence-corrected chi connectivity index (χ2v) is 6.41. The van der Waals surface area contributed by atoms with E-state index in [0.29, 0.717) is 27.8 Å². The van der Waals surface area contributed by atoms with Crippen LogP contribution in [0.5, 0.6) is 0 Å². The zero-order valence-corrected chi connectivity index (χ0v) is 15.3. The summed E-state index contributed by atoms with van der Waals surface area (Å²) in [5.74, 6) is -0.385. The van der Waals surface area contributed by atoms with Crippen molar-refractivity contribution in [3.05, 3.63) is 95.5 Å². The molecule has 5 nitrogen and oxygen atoms in total. The van der Waals surface area contributed by atoms with Crippen LogP contribution in [0.2, 0.25) is 5.02 Å². The minimum atomic E-state index is -0.442. The second kappa shape index (κ2) is 7.62. The van der Waals surface area contributed by atoms with Crippen LogP contribution in [0.15, 0.2) is 78.9 Å². The Bertz CT molecular complexity index is 1050. The Morgan fingerprint density at radius 2 is 1.61 bits per heavy atom. The fourth-order valence-electron chi connectivity index (χ4n) is 2.66. The van der Waals surface area contributed by atoms with E-state index in [4.69, 9.17) is 11.6 Å². The summed E-state index contributed by atoms with van der Waals surface area (Å²) in [6.45, 7) is 0. The lowest BCUT2D eigenvalue weighted by Gasteiger charge is -2.06. The van der Waals surface area contributed by atoms with E-state index in [1.165, 1.54) is 16.8 Å². The molecule has 138 valence electrons. The van der Waals surface area contributed by atoms with E-state index in [2.05, 4.69) is 15.4 Å².